The van der Waals surface area contributed by atoms with Gasteiger partial charge in [0.1, 0.15) is 11.5 Å². The Morgan fingerprint density at radius 1 is 0.970 bits per heavy atom. The Bertz CT molecular complexity index is 966. The van der Waals surface area contributed by atoms with Crippen molar-refractivity contribution in [2.45, 2.75) is 84.7 Å². The average Bonchev–Trinajstić information content (AvgIpc) is 2.75. The van der Waals surface area contributed by atoms with Crippen LogP contribution in [-0.2, 0) is 6.42 Å². The molecule has 2 N–H and O–H groups in total. The first-order valence-electron chi connectivity index (χ1n) is 12.4. The topological polar surface area (TPSA) is 65.2 Å². The predicted molar refractivity (Wildman–Crippen MR) is 140 cm³/mol. The minimum absolute atomic E-state index is 0.0865. The summed E-state index contributed by atoms with van der Waals surface area (Å²) in [5.74, 6) is 1.65. The van der Waals surface area contributed by atoms with Crippen molar-refractivity contribution in [1.82, 2.24) is 0 Å². The van der Waals surface area contributed by atoms with Gasteiger partial charge in [-0.2, -0.15) is 0 Å². The number of aromatic hydroxyl groups is 1. The highest BCUT2D eigenvalue weighted by Gasteiger charge is 2.24. The number of aliphatic imine (C=N–C) groups is 2. The van der Waals surface area contributed by atoms with Crippen LogP contribution in [0.15, 0.2) is 63.3 Å². The summed E-state index contributed by atoms with van der Waals surface area (Å²) < 4.78 is 0. The van der Waals surface area contributed by atoms with E-state index in [-0.39, 0.29) is 12.1 Å². The molecule has 2 atom stereocenters. The summed E-state index contributed by atoms with van der Waals surface area (Å²) in [5.41, 5.74) is 4.56. The number of hydrogen-bond acceptors (Lipinski definition) is 4. The molecule has 0 aliphatic heterocycles. The molecule has 0 unspecified atom stereocenters. The quantitative estimate of drug-likeness (QED) is 0.415. The molecule has 1 saturated carbocycles. The Morgan fingerprint density at radius 2 is 1.61 bits per heavy atom. The van der Waals surface area contributed by atoms with Crippen molar-refractivity contribution >= 4 is 12.4 Å². The summed E-state index contributed by atoms with van der Waals surface area (Å²) in [6, 6.07) is 6.07. The van der Waals surface area contributed by atoms with Crippen LogP contribution >= 0.6 is 0 Å². The van der Waals surface area contributed by atoms with E-state index in [0.717, 1.165) is 66.4 Å². The maximum Gasteiger partial charge on any atom is 0.127 e. The van der Waals surface area contributed by atoms with Crippen LogP contribution in [0, 0.1) is 11.8 Å². The highest BCUT2D eigenvalue weighted by atomic mass is 16.3. The Kier molecular flexibility index (Phi) is 8.71. The molecule has 0 heterocycles. The van der Waals surface area contributed by atoms with Gasteiger partial charge in [0.05, 0.1) is 12.1 Å². The number of para-hydroxylation sites is 1. The van der Waals surface area contributed by atoms with Crippen LogP contribution < -0.4 is 0 Å². The van der Waals surface area contributed by atoms with Crippen molar-refractivity contribution in [2.75, 3.05) is 0 Å². The molecule has 0 radical (unpaired) electrons. The van der Waals surface area contributed by atoms with E-state index >= 15 is 0 Å². The van der Waals surface area contributed by atoms with Crippen LogP contribution in [-0.4, -0.2) is 34.7 Å². The monoisotopic (exact) mass is 448 g/mol. The van der Waals surface area contributed by atoms with E-state index in [2.05, 4.69) is 34.3 Å². The highest BCUT2D eigenvalue weighted by molar-refractivity contribution is 5.84. The molecule has 1 aromatic rings. The van der Waals surface area contributed by atoms with Gasteiger partial charge in [0, 0.05) is 30.0 Å². The molecule has 1 fully saturated rings. The fourth-order valence-electron chi connectivity index (χ4n) is 4.72. The summed E-state index contributed by atoms with van der Waals surface area (Å²) in [5, 5.41) is 21.5. The third kappa shape index (κ3) is 6.93. The van der Waals surface area contributed by atoms with Gasteiger partial charge in [0.25, 0.3) is 0 Å². The summed E-state index contributed by atoms with van der Waals surface area (Å²) in [6.45, 7) is 12.7. The van der Waals surface area contributed by atoms with Gasteiger partial charge in [-0.1, -0.05) is 70.9 Å². The van der Waals surface area contributed by atoms with Gasteiger partial charge in [-0.15, -0.1) is 0 Å². The first kappa shape index (κ1) is 25.0. The summed E-state index contributed by atoms with van der Waals surface area (Å²) in [4.78, 5) is 9.75. The van der Waals surface area contributed by atoms with E-state index in [1.165, 1.54) is 0 Å². The van der Waals surface area contributed by atoms with Gasteiger partial charge >= 0.3 is 0 Å². The van der Waals surface area contributed by atoms with Crippen LogP contribution in [0.2, 0.25) is 0 Å². The fraction of sp³-hybridized carbons (Fsp3) is 0.517. The normalized spacial score (nSPS) is 22.2. The summed E-state index contributed by atoms with van der Waals surface area (Å²) in [7, 11) is 0. The van der Waals surface area contributed by atoms with Crippen molar-refractivity contribution in [2.24, 2.45) is 21.8 Å². The van der Waals surface area contributed by atoms with Gasteiger partial charge in [-0.05, 0) is 54.7 Å². The molecular formula is C29H40N2O2. The standard InChI is InChI=1S/C29H40N2O2/c1-19(2)13-22-9-8-10-23(28(22)32)17-30-26-11-6-7-12-27(26)31-18-25-16-21(5)15-24(29(25)33)14-20(3)4/h8-10,15,17-20,26-27,32-33H,5-7,11-14,16H2,1-4H3/t26-,27-/m0/s1. The molecule has 0 spiro atoms. The van der Waals surface area contributed by atoms with E-state index in [1.807, 2.05) is 36.7 Å². The van der Waals surface area contributed by atoms with Crippen LogP contribution in [0.4, 0.5) is 0 Å². The maximum atomic E-state index is 10.8. The minimum atomic E-state index is 0.0865. The van der Waals surface area contributed by atoms with Crippen LogP contribution in [0.5, 0.6) is 5.75 Å². The number of benzene rings is 1. The van der Waals surface area contributed by atoms with Crippen molar-refractivity contribution in [3.63, 3.8) is 0 Å². The van der Waals surface area contributed by atoms with Gasteiger partial charge in [0.2, 0.25) is 0 Å². The Morgan fingerprint density at radius 3 is 2.24 bits per heavy atom. The Balaban J connectivity index is 1.77. The van der Waals surface area contributed by atoms with Gasteiger partial charge < -0.3 is 10.2 Å². The van der Waals surface area contributed by atoms with Crippen LogP contribution in [0.25, 0.3) is 0 Å². The predicted octanol–water partition coefficient (Wildman–Crippen LogP) is 7.14. The Labute approximate surface area is 199 Å². The van der Waals surface area contributed by atoms with Crippen molar-refractivity contribution < 1.29 is 10.2 Å². The van der Waals surface area contributed by atoms with Crippen LogP contribution in [0.3, 0.4) is 0 Å². The number of hydrogen-bond donors (Lipinski definition) is 2. The number of allylic oxidation sites excluding steroid dienone is 4. The van der Waals surface area contributed by atoms with E-state index in [4.69, 9.17) is 9.98 Å². The lowest BCUT2D eigenvalue weighted by Gasteiger charge is -2.26. The van der Waals surface area contributed by atoms with Crippen LogP contribution in [0.1, 0.15) is 77.3 Å². The lowest BCUT2D eigenvalue weighted by atomic mass is 9.89. The molecule has 4 heteroatoms. The number of rotatable bonds is 8. The lowest BCUT2D eigenvalue weighted by molar-refractivity contribution is 0.389. The average molecular weight is 449 g/mol. The zero-order valence-electron chi connectivity index (χ0n) is 20.7. The molecule has 2 aliphatic rings. The molecule has 3 rings (SSSR count). The smallest absolute Gasteiger partial charge is 0.127 e. The maximum absolute atomic E-state index is 10.8. The molecule has 2 aliphatic carbocycles. The molecule has 0 amide bonds. The molecule has 0 bridgehead atoms. The van der Waals surface area contributed by atoms with E-state index in [0.29, 0.717) is 29.8 Å². The van der Waals surface area contributed by atoms with E-state index < -0.39 is 0 Å². The third-order valence-electron chi connectivity index (χ3n) is 6.33. The van der Waals surface area contributed by atoms with Crippen molar-refractivity contribution in [3.05, 3.63) is 64.5 Å². The SMILES string of the molecule is C=C1C=C(CC(C)C)C(O)=C(C=N[C@H]2CCCC[C@@H]2N=Cc2cccc(CC(C)C)c2O)C1. The second kappa shape index (κ2) is 11.5. The van der Waals surface area contributed by atoms with E-state index in [9.17, 15) is 10.2 Å². The number of phenolic OH excluding ortho intramolecular Hbond substituents is 1. The molecule has 1 aromatic carbocycles. The fourth-order valence-corrected chi connectivity index (χ4v) is 4.72. The zero-order chi connectivity index (χ0) is 24.0. The highest BCUT2D eigenvalue weighted by Crippen LogP contribution is 2.31. The molecule has 4 nitrogen and oxygen atoms in total. The van der Waals surface area contributed by atoms with Gasteiger partial charge in [0.15, 0.2) is 0 Å². The zero-order valence-corrected chi connectivity index (χ0v) is 20.7. The Hall–Kier alpha value is -2.62. The number of nitrogens with zero attached hydrogens (tertiary/aromatic N) is 2. The van der Waals surface area contributed by atoms with Crippen molar-refractivity contribution in [3.8, 4) is 5.75 Å². The second-order valence-electron chi connectivity index (χ2n) is 10.4. The number of aliphatic hydroxyl groups excluding tert-OH is 1. The lowest BCUT2D eigenvalue weighted by Crippen LogP contribution is -2.27. The molecular weight excluding hydrogens is 408 g/mol. The first-order chi connectivity index (χ1) is 15.7. The van der Waals surface area contributed by atoms with Gasteiger partial charge in [-0.25, -0.2) is 0 Å². The molecule has 0 saturated heterocycles. The minimum Gasteiger partial charge on any atom is -0.507 e. The first-order valence-corrected chi connectivity index (χ1v) is 12.4. The summed E-state index contributed by atoms with van der Waals surface area (Å²) >= 11 is 0. The largest absolute Gasteiger partial charge is 0.507 e. The summed E-state index contributed by atoms with van der Waals surface area (Å²) in [6.07, 6.45) is 12.3. The molecule has 178 valence electrons. The second-order valence-corrected chi connectivity index (χ2v) is 10.4. The number of aliphatic hydroxyl groups is 1. The van der Waals surface area contributed by atoms with Gasteiger partial charge in [-0.3, -0.25) is 9.98 Å². The molecule has 0 aromatic heterocycles. The molecule has 33 heavy (non-hydrogen) atoms. The third-order valence-corrected chi connectivity index (χ3v) is 6.33. The van der Waals surface area contributed by atoms with E-state index in [1.54, 1.807) is 0 Å². The number of phenols is 1. The van der Waals surface area contributed by atoms with Crippen molar-refractivity contribution in [1.29, 1.82) is 0 Å².